The molecule has 3 N–H and O–H groups in total. The lowest BCUT2D eigenvalue weighted by Gasteiger charge is -2.31. The van der Waals surface area contributed by atoms with E-state index in [1.165, 1.54) is 19.3 Å². The summed E-state index contributed by atoms with van der Waals surface area (Å²) in [4.78, 5) is 10.9. The highest BCUT2D eigenvalue weighted by atomic mass is 16.5. The molecule has 0 amide bonds. The summed E-state index contributed by atoms with van der Waals surface area (Å²) in [6.45, 7) is 5.03. The molecule has 0 aromatic heterocycles. The normalized spacial score (nSPS) is 25.8. The van der Waals surface area contributed by atoms with E-state index in [4.69, 9.17) is 15.6 Å². The Morgan fingerprint density at radius 2 is 1.94 bits per heavy atom. The molecule has 0 aliphatic heterocycles. The molecule has 2 atom stereocenters. The maximum atomic E-state index is 10.9. The van der Waals surface area contributed by atoms with Gasteiger partial charge in [0.05, 0.1) is 12.0 Å². The fourth-order valence-electron chi connectivity index (χ4n) is 2.34. The van der Waals surface area contributed by atoms with Gasteiger partial charge in [-0.2, -0.15) is 0 Å². The average molecular weight is 243 g/mol. The van der Waals surface area contributed by atoms with Crippen molar-refractivity contribution in [2.45, 2.75) is 39.5 Å². The Balaban J connectivity index is 2.32. The highest BCUT2D eigenvalue weighted by molar-refractivity contribution is 5.73. The van der Waals surface area contributed by atoms with Crippen molar-refractivity contribution in [2.24, 2.45) is 23.0 Å². The van der Waals surface area contributed by atoms with Crippen LogP contribution in [0.25, 0.3) is 0 Å². The van der Waals surface area contributed by atoms with Crippen LogP contribution >= 0.6 is 0 Å². The van der Waals surface area contributed by atoms with E-state index in [0.29, 0.717) is 18.4 Å². The number of carboxylic acid groups (broad SMARTS) is 1. The first-order valence-corrected chi connectivity index (χ1v) is 6.48. The molecule has 2 unspecified atom stereocenters. The van der Waals surface area contributed by atoms with Gasteiger partial charge in [-0.25, -0.2) is 0 Å². The Kier molecular flexibility index (Phi) is 5.40. The van der Waals surface area contributed by atoms with Crippen molar-refractivity contribution in [3.63, 3.8) is 0 Å². The van der Waals surface area contributed by atoms with Gasteiger partial charge in [0.1, 0.15) is 0 Å². The van der Waals surface area contributed by atoms with Gasteiger partial charge in [-0.1, -0.05) is 12.8 Å². The number of ether oxygens (including phenoxy) is 1. The van der Waals surface area contributed by atoms with E-state index in [0.717, 1.165) is 13.0 Å². The second-order valence-corrected chi connectivity index (χ2v) is 5.74. The number of carbonyl (C=O) groups is 1. The van der Waals surface area contributed by atoms with E-state index in [1.54, 1.807) is 13.8 Å². The first kappa shape index (κ1) is 14.5. The van der Waals surface area contributed by atoms with Crippen LogP contribution in [0, 0.1) is 17.3 Å². The number of rotatable bonds is 6. The maximum Gasteiger partial charge on any atom is 0.311 e. The molecule has 17 heavy (non-hydrogen) atoms. The standard InChI is InChI=1S/C13H25NO3/c1-13(2,12(15)16)9-17-8-11-6-4-3-5-10(11)7-14/h10-11H,3-9,14H2,1-2H3,(H,15,16). The minimum absolute atomic E-state index is 0.274. The van der Waals surface area contributed by atoms with Crippen molar-refractivity contribution in [2.75, 3.05) is 19.8 Å². The first-order valence-electron chi connectivity index (χ1n) is 6.48. The first-order chi connectivity index (χ1) is 7.97. The highest BCUT2D eigenvalue weighted by Gasteiger charge is 2.29. The Hall–Kier alpha value is -0.610. The molecular weight excluding hydrogens is 218 g/mol. The third-order valence-corrected chi connectivity index (χ3v) is 3.74. The molecular formula is C13H25NO3. The minimum atomic E-state index is -0.809. The van der Waals surface area contributed by atoms with Gasteiger partial charge in [0.2, 0.25) is 0 Å². The molecule has 1 fully saturated rings. The zero-order valence-corrected chi connectivity index (χ0v) is 10.9. The summed E-state index contributed by atoms with van der Waals surface area (Å²) in [5.74, 6) is 0.256. The van der Waals surface area contributed by atoms with E-state index < -0.39 is 11.4 Å². The van der Waals surface area contributed by atoms with Gasteiger partial charge in [0, 0.05) is 6.61 Å². The monoisotopic (exact) mass is 243 g/mol. The molecule has 0 spiro atoms. The topological polar surface area (TPSA) is 72.5 Å². The number of nitrogens with two attached hydrogens (primary N) is 1. The molecule has 100 valence electrons. The predicted octanol–water partition coefficient (Wildman–Crippen LogP) is 1.88. The van der Waals surface area contributed by atoms with E-state index in [2.05, 4.69) is 0 Å². The van der Waals surface area contributed by atoms with Crippen LogP contribution in [0.2, 0.25) is 0 Å². The second-order valence-electron chi connectivity index (χ2n) is 5.74. The summed E-state index contributed by atoms with van der Waals surface area (Å²) in [6.07, 6.45) is 4.86. The number of hydrogen-bond donors (Lipinski definition) is 2. The fourth-order valence-corrected chi connectivity index (χ4v) is 2.34. The van der Waals surface area contributed by atoms with E-state index in [-0.39, 0.29) is 6.61 Å². The van der Waals surface area contributed by atoms with Crippen molar-refractivity contribution in [1.82, 2.24) is 0 Å². The zero-order chi connectivity index (χ0) is 12.9. The molecule has 0 saturated heterocycles. The average Bonchev–Trinajstić information content (AvgIpc) is 2.29. The Morgan fingerprint density at radius 1 is 1.35 bits per heavy atom. The van der Waals surface area contributed by atoms with Gasteiger partial charge in [-0.15, -0.1) is 0 Å². The maximum absolute atomic E-state index is 10.9. The van der Waals surface area contributed by atoms with Crippen LogP contribution in [0.3, 0.4) is 0 Å². The highest BCUT2D eigenvalue weighted by Crippen LogP contribution is 2.29. The molecule has 0 aromatic rings. The summed E-state index contributed by atoms with van der Waals surface area (Å²) in [6, 6.07) is 0. The van der Waals surface area contributed by atoms with Crippen LogP contribution in [0.15, 0.2) is 0 Å². The number of hydrogen-bond acceptors (Lipinski definition) is 3. The van der Waals surface area contributed by atoms with Crippen molar-refractivity contribution >= 4 is 5.97 Å². The van der Waals surface area contributed by atoms with E-state index in [1.807, 2.05) is 0 Å². The Morgan fingerprint density at radius 3 is 2.47 bits per heavy atom. The van der Waals surface area contributed by atoms with Crippen LogP contribution in [0.4, 0.5) is 0 Å². The molecule has 1 saturated carbocycles. The molecule has 1 aliphatic rings. The molecule has 1 rings (SSSR count). The molecule has 0 radical (unpaired) electrons. The van der Waals surface area contributed by atoms with Gasteiger partial charge >= 0.3 is 5.97 Å². The zero-order valence-electron chi connectivity index (χ0n) is 10.9. The van der Waals surface area contributed by atoms with Gasteiger partial charge in [-0.3, -0.25) is 4.79 Å². The molecule has 0 heterocycles. The number of aliphatic carboxylic acids is 1. The number of carboxylic acids is 1. The lowest BCUT2D eigenvalue weighted by atomic mass is 9.80. The van der Waals surface area contributed by atoms with Crippen LogP contribution in [0.1, 0.15) is 39.5 Å². The van der Waals surface area contributed by atoms with E-state index >= 15 is 0 Å². The SMILES string of the molecule is CC(C)(COCC1CCCCC1CN)C(=O)O. The van der Waals surface area contributed by atoms with Crippen molar-refractivity contribution < 1.29 is 14.6 Å². The minimum Gasteiger partial charge on any atom is -0.481 e. The second kappa shape index (κ2) is 6.36. The van der Waals surface area contributed by atoms with Gasteiger partial charge in [0.15, 0.2) is 0 Å². The van der Waals surface area contributed by atoms with Crippen molar-refractivity contribution in [3.8, 4) is 0 Å². The lowest BCUT2D eigenvalue weighted by Crippen LogP contribution is -2.33. The summed E-state index contributed by atoms with van der Waals surface area (Å²) >= 11 is 0. The van der Waals surface area contributed by atoms with E-state index in [9.17, 15) is 4.79 Å². The molecule has 1 aliphatic carbocycles. The summed E-state index contributed by atoms with van der Waals surface area (Å²) in [5, 5.41) is 8.98. The van der Waals surface area contributed by atoms with Crippen LogP contribution in [-0.4, -0.2) is 30.8 Å². The lowest BCUT2D eigenvalue weighted by molar-refractivity contribution is -0.150. The predicted molar refractivity (Wildman–Crippen MR) is 66.7 cm³/mol. The largest absolute Gasteiger partial charge is 0.481 e. The van der Waals surface area contributed by atoms with Crippen molar-refractivity contribution in [1.29, 1.82) is 0 Å². The fraction of sp³-hybridized carbons (Fsp3) is 0.923. The quantitative estimate of drug-likeness (QED) is 0.747. The molecule has 0 bridgehead atoms. The Labute approximate surface area is 104 Å². The van der Waals surface area contributed by atoms with Gasteiger partial charge in [0.25, 0.3) is 0 Å². The summed E-state index contributed by atoms with van der Waals surface area (Å²) in [5.41, 5.74) is 4.95. The molecule has 4 heteroatoms. The summed E-state index contributed by atoms with van der Waals surface area (Å²) < 4.78 is 5.59. The van der Waals surface area contributed by atoms with Crippen molar-refractivity contribution in [3.05, 3.63) is 0 Å². The summed E-state index contributed by atoms with van der Waals surface area (Å²) in [7, 11) is 0. The van der Waals surface area contributed by atoms with Crippen LogP contribution < -0.4 is 5.73 Å². The third kappa shape index (κ3) is 4.28. The Bertz CT molecular complexity index is 253. The molecule has 0 aromatic carbocycles. The van der Waals surface area contributed by atoms with Gasteiger partial charge in [-0.05, 0) is 45.1 Å². The van der Waals surface area contributed by atoms with Crippen LogP contribution in [-0.2, 0) is 9.53 Å². The third-order valence-electron chi connectivity index (χ3n) is 3.74. The van der Waals surface area contributed by atoms with Gasteiger partial charge < -0.3 is 15.6 Å². The van der Waals surface area contributed by atoms with Crippen LogP contribution in [0.5, 0.6) is 0 Å². The molecule has 4 nitrogen and oxygen atoms in total. The smallest absolute Gasteiger partial charge is 0.311 e.